The summed E-state index contributed by atoms with van der Waals surface area (Å²) in [5.41, 5.74) is 1.64. The molecule has 0 atom stereocenters. The van der Waals surface area contributed by atoms with Crippen molar-refractivity contribution in [2.45, 2.75) is 12.8 Å². The molecule has 0 bridgehead atoms. The molecule has 98 valence electrons. The van der Waals surface area contributed by atoms with Gasteiger partial charge in [-0.15, -0.1) is 0 Å². The van der Waals surface area contributed by atoms with Crippen molar-refractivity contribution in [1.82, 2.24) is 5.32 Å². The lowest BCUT2D eigenvalue weighted by molar-refractivity contribution is 0.355. The highest BCUT2D eigenvalue weighted by Crippen LogP contribution is 2.29. The first-order valence-electron chi connectivity index (χ1n) is 6.28. The summed E-state index contributed by atoms with van der Waals surface area (Å²) in [5.74, 6) is 1.75. The molecule has 0 amide bonds. The molecule has 1 aliphatic rings. The standard InChI is InChI=1S/C14H20N2O2/c1-17-12-4-3-11(9-13(12)18-2)14(15)10-5-7-16-8-6-10/h3-4,9-10,15-16H,5-8H2,1-2H3. The fraction of sp³-hybridized carbons (Fsp3) is 0.500. The van der Waals surface area contributed by atoms with Crippen molar-refractivity contribution in [3.8, 4) is 11.5 Å². The van der Waals surface area contributed by atoms with Crippen molar-refractivity contribution in [1.29, 1.82) is 5.41 Å². The first-order chi connectivity index (χ1) is 8.76. The van der Waals surface area contributed by atoms with E-state index >= 15 is 0 Å². The van der Waals surface area contributed by atoms with Crippen LogP contribution in [0.4, 0.5) is 0 Å². The molecule has 18 heavy (non-hydrogen) atoms. The number of hydrogen-bond donors (Lipinski definition) is 2. The number of methoxy groups -OCH3 is 2. The van der Waals surface area contributed by atoms with Crippen molar-refractivity contribution in [3.05, 3.63) is 23.8 Å². The molecule has 0 unspecified atom stereocenters. The van der Waals surface area contributed by atoms with E-state index in [1.165, 1.54) is 0 Å². The summed E-state index contributed by atoms with van der Waals surface area (Å²) in [6.07, 6.45) is 2.07. The summed E-state index contributed by atoms with van der Waals surface area (Å²) in [6, 6.07) is 5.69. The predicted molar refractivity (Wildman–Crippen MR) is 72.0 cm³/mol. The van der Waals surface area contributed by atoms with Crippen LogP contribution in [0.1, 0.15) is 18.4 Å². The van der Waals surface area contributed by atoms with Crippen LogP contribution in [-0.2, 0) is 0 Å². The van der Waals surface area contributed by atoms with E-state index in [9.17, 15) is 0 Å². The maximum Gasteiger partial charge on any atom is 0.161 e. The zero-order valence-corrected chi connectivity index (χ0v) is 11.0. The minimum Gasteiger partial charge on any atom is -0.493 e. The molecule has 4 heteroatoms. The first kappa shape index (κ1) is 12.9. The van der Waals surface area contributed by atoms with Crippen LogP contribution < -0.4 is 14.8 Å². The van der Waals surface area contributed by atoms with E-state index in [1.54, 1.807) is 14.2 Å². The Bertz CT molecular complexity index is 426. The molecule has 0 aliphatic carbocycles. The summed E-state index contributed by atoms with van der Waals surface area (Å²) in [6.45, 7) is 2.00. The Morgan fingerprint density at radius 3 is 2.44 bits per heavy atom. The molecule has 1 aliphatic heterocycles. The van der Waals surface area contributed by atoms with Crippen LogP contribution in [-0.4, -0.2) is 33.0 Å². The fourth-order valence-electron chi connectivity index (χ4n) is 2.35. The van der Waals surface area contributed by atoms with Gasteiger partial charge < -0.3 is 20.2 Å². The van der Waals surface area contributed by atoms with Gasteiger partial charge in [0.05, 0.1) is 14.2 Å². The van der Waals surface area contributed by atoms with Crippen LogP contribution in [0.2, 0.25) is 0 Å². The maximum atomic E-state index is 8.30. The van der Waals surface area contributed by atoms with Gasteiger partial charge in [0.1, 0.15) is 0 Å². The highest BCUT2D eigenvalue weighted by molar-refractivity contribution is 6.00. The van der Waals surface area contributed by atoms with E-state index in [0.29, 0.717) is 23.1 Å². The normalized spacial score (nSPS) is 16.3. The van der Waals surface area contributed by atoms with Crippen LogP contribution in [0, 0.1) is 11.3 Å². The van der Waals surface area contributed by atoms with Gasteiger partial charge in [-0.1, -0.05) is 0 Å². The van der Waals surface area contributed by atoms with Gasteiger partial charge in [0.15, 0.2) is 11.5 Å². The van der Waals surface area contributed by atoms with E-state index in [0.717, 1.165) is 31.5 Å². The lowest BCUT2D eigenvalue weighted by Gasteiger charge is -2.23. The Hall–Kier alpha value is -1.55. The van der Waals surface area contributed by atoms with Gasteiger partial charge in [-0.05, 0) is 49.7 Å². The monoisotopic (exact) mass is 248 g/mol. The van der Waals surface area contributed by atoms with E-state index in [1.807, 2.05) is 18.2 Å². The van der Waals surface area contributed by atoms with Crippen LogP contribution in [0.3, 0.4) is 0 Å². The molecule has 1 fully saturated rings. The molecule has 0 saturated carbocycles. The molecule has 1 saturated heterocycles. The Labute approximate surface area is 108 Å². The number of nitrogens with one attached hydrogen (secondary N) is 2. The molecular weight excluding hydrogens is 228 g/mol. The summed E-state index contributed by atoms with van der Waals surface area (Å²) in [5, 5.41) is 11.6. The zero-order chi connectivity index (χ0) is 13.0. The SMILES string of the molecule is COc1ccc(C(=N)C2CCNCC2)cc1OC. The molecule has 0 aromatic heterocycles. The first-order valence-corrected chi connectivity index (χ1v) is 6.28. The number of rotatable bonds is 4. The van der Waals surface area contributed by atoms with Gasteiger partial charge in [-0.25, -0.2) is 0 Å². The third kappa shape index (κ3) is 2.64. The number of piperidine rings is 1. The van der Waals surface area contributed by atoms with Gasteiger partial charge in [-0.3, -0.25) is 0 Å². The van der Waals surface area contributed by atoms with E-state index < -0.39 is 0 Å². The Kier molecular flexibility index (Phi) is 4.20. The predicted octanol–water partition coefficient (Wildman–Crippen LogP) is 2.07. The summed E-state index contributed by atoms with van der Waals surface area (Å²) >= 11 is 0. The largest absolute Gasteiger partial charge is 0.493 e. The average molecular weight is 248 g/mol. The minimum atomic E-state index is 0.351. The van der Waals surface area contributed by atoms with Gasteiger partial charge in [0, 0.05) is 11.6 Å². The lowest BCUT2D eigenvalue weighted by atomic mass is 9.89. The molecule has 0 radical (unpaired) electrons. The smallest absolute Gasteiger partial charge is 0.161 e. The molecule has 4 nitrogen and oxygen atoms in total. The van der Waals surface area contributed by atoms with Gasteiger partial charge in [-0.2, -0.15) is 0 Å². The number of benzene rings is 1. The molecule has 1 heterocycles. The van der Waals surface area contributed by atoms with E-state index in [2.05, 4.69) is 5.32 Å². The maximum absolute atomic E-state index is 8.30. The molecular formula is C14H20N2O2. The Morgan fingerprint density at radius 1 is 1.17 bits per heavy atom. The van der Waals surface area contributed by atoms with Crippen molar-refractivity contribution >= 4 is 5.71 Å². The van der Waals surface area contributed by atoms with Gasteiger partial charge in [0.2, 0.25) is 0 Å². The molecule has 0 spiro atoms. The number of ether oxygens (including phenoxy) is 2. The summed E-state index contributed by atoms with van der Waals surface area (Å²) in [4.78, 5) is 0. The van der Waals surface area contributed by atoms with Crippen molar-refractivity contribution < 1.29 is 9.47 Å². The van der Waals surface area contributed by atoms with E-state index in [4.69, 9.17) is 14.9 Å². The molecule has 2 N–H and O–H groups in total. The topological polar surface area (TPSA) is 54.3 Å². The zero-order valence-electron chi connectivity index (χ0n) is 11.0. The summed E-state index contributed by atoms with van der Waals surface area (Å²) < 4.78 is 10.5. The van der Waals surface area contributed by atoms with Crippen molar-refractivity contribution in [2.75, 3.05) is 27.3 Å². The third-order valence-electron chi connectivity index (χ3n) is 3.44. The fourth-order valence-corrected chi connectivity index (χ4v) is 2.35. The Balaban J connectivity index is 2.19. The average Bonchev–Trinajstić information content (AvgIpc) is 2.46. The third-order valence-corrected chi connectivity index (χ3v) is 3.44. The summed E-state index contributed by atoms with van der Waals surface area (Å²) in [7, 11) is 3.24. The van der Waals surface area contributed by atoms with Gasteiger partial charge in [0.25, 0.3) is 0 Å². The second kappa shape index (κ2) is 5.87. The minimum absolute atomic E-state index is 0.351. The highest BCUT2D eigenvalue weighted by Gasteiger charge is 2.20. The van der Waals surface area contributed by atoms with E-state index in [-0.39, 0.29) is 0 Å². The quantitative estimate of drug-likeness (QED) is 0.802. The van der Waals surface area contributed by atoms with Gasteiger partial charge >= 0.3 is 0 Å². The van der Waals surface area contributed by atoms with Crippen LogP contribution in [0.5, 0.6) is 11.5 Å². The lowest BCUT2D eigenvalue weighted by Crippen LogP contribution is -2.31. The second-order valence-electron chi connectivity index (χ2n) is 4.51. The Morgan fingerprint density at radius 2 is 1.83 bits per heavy atom. The number of hydrogen-bond acceptors (Lipinski definition) is 4. The van der Waals surface area contributed by atoms with Crippen molar-refractivity contribution in [2.24, 2.45) is 5.92 Å². The molecule has 2 rings (SSSR count). The van der Waals surface area contributed by atoms with Crippen molar-refractivity contribution in [3.63, 3.8) is 0 Å². The second-order valence-corrected chi connectivity index (χ2v) is 4.51. The molecule has 1 aromatic carbocycles. The van der Waals surface area contributed by atoms with Crippen LogP contribution >= 0.6 is 0 Å². The van der Waals surface area contributed by atoms with Crippen LogP contribution in [0.15, 0.2) is 18.2 Å². The molecule has 1 aromatic rings. The van der Waals surface area contributed by atoms with Crippen LogP contribution in [0.25, 0.3) is 0 Å². The highest BCUT2D eigenvalue weighted by atomic mass is 16.5.